The number of nitrogens with zero attached hydrogens (tertiary/aromatic N) is 5. The van der Waals surface area contributed by atoms with E-state index in [1.54, 1.807) is 74.1 Å². The van der Waals surface area contributed by atoms with Crippen LogP contribution in [0.5, 0.6) is 11.5 Å². The molecule has 49 heavy (non-hydrogen) atoms. The maximum absolute atomic E-state index is 14.0. The molecule has 0 spiro atoms. The number of para-hydroxylation sites is 1. The van der Waals surface area contributed by atoms with Crippen LogP contribution in [-0.4, -0.2) is 73.1 Å². The number of nitriles is 1. The predicted octanol–water partition coefficient (Wildman–Crippen LogP) is 5.42. The van der Waals surface area contributed by atoms with Gasteiger partial charge in [0.05, 0.1) is 24.8 Å². The van der Waals surface area contributed by atoms with E-state index in [2.05, 4.69) is 0 Å². The number of aromatic nitrogens is 2. The van der Waals surface area contributed by atoms with Gasteiger partial charge in [-0.1, -0.05) is 50.2 Å². The minimum atomic E-state index is -3.77. The van der Waals surface area contributed by atoms with Crippen LogP contribution in [0.4, 0.5) is 0 Å². The molecule has 0 unspecified atom stereocenters. The molecule has 4 aromatic rings. The van der Waals surface area contributed by atoms with Crippen LogP contribution >= 0.6 is 0 Å². The van der Waals surface area contributed by atoms with Crippen molar-refractivity contribution in [2.24, 2.45) is 0 Å². The van der Waals surface area contributed by atoms with E-state index in [1.807, 2.05) is 42.5 Å². The van der Waals surface area contributed by atoms with Crippen molar-refractivity contribution in [2.75, 3.05) is 33.9 Å². The third-order valence-corrected chi connectivity index (χ3v) is 10.5. The first-order chi connectivity index (χ1) is 23.6. The van der Waals surface area contributed by atoms with Crippen LogP contribution in [0.2, 0.25) is 0 Å². The summed E-state index contributed by atoms with van der Waals surface area (Å²) in [4.78, 5) is 28.6. The number of methoxy groups -OCH3 is 2. The van der Waals surface area contributed by atoms with E-state index in [0.717, 1.165) is 16.2 Å². The molecule has 5 rings (SSSR count). The van der Waals surface area contributed by atoms with Crippen LogP contribution in [0.15, 0.2) is 101 Å². The molecule has 2 heterocycles. The van der Waals surface area contributed by atoms with Crippen LogP contribution in [-0.2, 0) is 26.0 Å². The van der Waals surface area contributed by atoms with Gasteiger partial charge < -0.3 is 9.47 Å². The molecule has 252 valence electrons. The van der Waals surface area contributed by atoms with Gasteiger partial charge >= 0.3 is 0 Å². The van der Waals surface area contributed by atoms with Gasteiger partial charge in [-0.15, -0.1) is 0 Å². The van der Waals surface area contributed by atoms with Gasteiger partial charge in [0.25, 0.3) is 11.8 Å². The standard InChI is InChI=1S/C37H37N5O6S/c1-6-40(7-2)49(45,46)30-15-11-12-27(21-30)35-28(24-42(39-35)29-13-9-8-10-14-29)22-31-25(3)32(23-38)37(44)41(36(31)43)19-18-26-16-17-33(47-4)34(20-26)48-5/h8-17,20-22,24H,6-7,18-19H2,1-5H3/b31-22+. The highest BCUT2D eigenvalue weighted by Crippen LogP contribution is 2.33. The fourth-order valence-corrected chi connectivity index (χ4v) is 7.22. The molecular weight excluding hydrogens is 643 g/mol. The quantitative estimate of drug-likeness (QED) is 0.143. The number of ether oxygens (including phenoxy) is 2. The fourth-order valence-electron chi connectivity index (χ4n) is 5.71. The zero-order valence-electron chi connectivity index (χ0n) is 28.0. The summed E-state index contributed by atoms with van der Waals surface area (Å²) in [5, 5.41) is 14.8. The second kappa shape index (κ2) is 14.7. The number of hydrogen-bond acceptors (Lipinski definition) is 8. The Kier molecular flexibility index (Phi) is 10.5. The highest BCUT2D eigenvalue weighted by atomic mass is 32.2. The average molecular weight is 680 g/mol. The van der Waals surface area contributed by atoms with Gasteiger partial charge in [-0.3, -0.25) is 14.5 Å². The van der Waals surface area contributed by atoms with Crippen LogP contribution < -0.4 is 9.47 Å². The van der Waals surface area contributed by atoms with Crippen molar-refractivity contribution in [3.8, 4) is 34.5 Å². The molecule has 0 bridgehead atoms. The van der Waals surface area contributed by atoms with E-state index >= 15 is 0 Å². The van der Waals surface area contributed by atoms with Gasteiger partial charge in [0.2, 0.25) is 10.0 Å². The maximum Gasteiger partial charge on any atom is 0.271 e. The molecule has 12 heteroatoms. The Morgan fingerprint density at radius 2 is 1.63 bits per heavy atom. The van der Waals surface area contributed by atoms with E-state index in [0.29, 0.717) is 47.8 Å². The number of hydrogen-bond donors (Lipinski definition) is 0. The van der Waals surface area contributed by atoms with E-state index in [-0.39, 0.29) is 28.2 Å². The molecule has 1 aromatic heterocycles. The number of rotatable bonds is 12. The summed E-state index contributed by atoms with van der Waals surface area (Å²) in [5.74, 6) is -0.160. The molecule has 0 saturated carbocycles. The van der Waals surface area contributed by atoms with Gasteiger partial charge in [-0.05, 0) is 67.0 Å². The van der Waals surface area contributed by atoms with Crippen molar-refractivity contribution in [1.29, 1.82) is 5.26 Å². The second-order valence-corrected chi connectivity index (χ2v) is 13.1. The molecular formula is C37H37N5O6S. The normalized spacial score (nSPS) is 14.5. The van der Waals surface area contributed by atoms with Crippen molar-refractivity contribution in [1.82, 2.24) is 19.0 Å². The summed E-state index contributed by atoms with van der Waals surface area (Å²) in [6.45, 7) is 5.80. The first-order valence-electron chi connectivity index (χ1n) is 15.7. The number of sulfonamides is 1. The molecule has 0 aliphatic carbocycles. The molecule has 2 amide bonds. The van der Waals surface area contributed by atoms with E-state index in [4.69, 9.17) is 14.6 Å². The number of carbonyl (C=O) groups is 2. The van der Waals surface area contributed by atoms with Crippen molar-refractivity contribution in [3.63, 3.8) is 0 Å². The lowest BCUT2D eigenvalue weighted by atomic mass is 9.93. The molecule has 0 radical (unpaired) electrons. The molecule has 11 nitrogen and oxygen atoms in total. The summed E-state index contributed by atoms with van der Waals surface area (Å²) in [6.07, 6.45) is 3.66. The number of benzene rings is 3. The minimum Gasteiger partial charge on any atom is -0.493 e. The van der Waals surface area contributed by atoms with Gasteiger partial charge in [0, 0.05) is 42.5 Å². The Labute approximate surface area is 286 Å². The Morgan fingerprint density at radius 3 is 2.29 bits per heavy atom. The van der Waals surface area contributed by atoms with Gasteiger partial charge in [0.1, 0.15) is 17.3 Å². The Bertz CT molecular complexity index is 2110. The average Bonchev–Trinajstić information content (AvgIpc) is 3.55. The lowest BCUT2D eigenvalue weighted by Gasteiger charge is -2.27. The highest BCUT2D eigenvalue weighted by Gasteiger charge is 2.35. The number of carbonyl (C=O) groups excluding carboxylic acids is 2. The molecule has 0 saturated heterocycles. The predicted molar refractivity (Wildman–Crippen MR) is 185 cm³/mol. The highest BCUT2D eigenvalue weighted by molar-refractivity contribution is 7.89. The summed E-state index contributed by atoms with van der Waals surface area (Å²) >= 11 is 0. The lowest BCUT2D eigenvalue weighted by Crippen LogP contribution is -2.43. The maximum atomic E-state index is 14.0. The lowest BCUT2D eigenvalue weighted by molar-refractivity contribution is -0.140. The topological polar surface area (TPSA) is 135 Å². The SMILES string of the molecule is CCN(CC)S(=O)(=O)c1cccc(-c2nn(-c3ccccc3)cc2/C=C2/C(=O)N(CCc3ccc(OC)c(OC)c3)C(=O)C(C#N)=C2C)c1. The largest absolute Gasteiger partial charge is 0.493 e. The first-order valence-corrected chi connectivity index (χ1v) is 17.2. The molecule has 0 N–H and O–H groups in total. The van der Waals surface area contributed by atoms with Crippen LogP contribution in [0, 0.1) is 11.3 Å². The van der Waals surface area contributed by atoms with Crippen molar-refractivity contribution in [2.45, 2.75) is 32.1 Å². The monoisotopic (exact) mass is 679 g/mol. The van der Waals surface area contributed by atoms with Crippen molar-refractivity contribution < 1.29 is 27.5 Å². The zero-order chi connectivity index (χ0) is 35.3. The fraction of sp³-hybridized carbons (Fsp3) is 0.243. The number of imide groups is 1. The smallest absolute Gasteiger partial charge is 0.271 e. The molecule has 0 fully saturated rings. The van der Waals surface area contributed by atoms with Crippen LogP contribution in [0.3, 0.4) is 0 Å². The number of amides is 2. The van der Waals surface area contributed by atoms with E-state index in [1.165, 1.54) is 18.5 Å². The van der Waals surface area contributed by atoms with Crippen molar-refractivity contribution in [3.05, 3.63) is 107 Å². The Hall–Kier alpha value is -5.51. The van der Waals surface area contributed by atoms with Gasteiger partial charge in [-0.2, -0.15) is 14.7 Å². The molecule has 1 aliphatic heterocycles. The summed E-state index contributed by atoms with van der Waals surface area (Å²) < 4.78 is 40.6. The molecule has 1 aliphatic rings. The molecule has 3 aromatic carbocycles. The zero-order valence-corrected chi connectivity index (χ0v) is 28.8. The Morgan fingerprint density at radius 1 is 0.918 bits per heavy atom. The van der Waals surface area contributed by atoms with Gasteiger partial charge in [-0.25, -0.2) is 13.1 Å². The van der Waals surface area contributed by atoms with E-state index < -0.39 is 21.8 Å². The van der Waals surface area contributed by atoms with Crippen LogP contribution in [0.25, 0.3) is 23.0 Å². The van der Waals surface area contributed by atoms with Crippen LogP contribution in [0.1, 0.15) is 31.9 Å². The third-order valence-electron chi connectivity index (χ3n) is 8.41. The Balaban J connectivity index is 1.60. The van der Waals surface area contributed by atoms with Gasteiger partial charge in [0.15, 0.2) is 11.5 Å². The second-order valence-electron chi connectivity index (χ2n) is 11.2. The summed E-state index contributed by atoms with van der Waals surface area (Å²) in [5.41, 5.74) is 3.24. The minimum absolute atomic E-state index is 0.0182. The summed E-state index contributed by atoms with van der Waals surface area (Å²) in [7, 11) is -0.708. The molecule has 0 atom stereocenters. The van der Waals surface area contributed by atoms with E-state index in [9.17, 15) is 23.3 Å². The van der Waals surface area contributed by atoms with Crippen molar-refractivity contribution >= 4 is 27.9 Å². The summed E-state index contributed by atoms with van der Waals surface area (Å²) in [6, 6.07) is 23.2. The first kappa shape index (κ1) is 34.8. The third kappa shape index (κ3) is 6.90.